The number of ketones is 1. The van der Waals surface area contributed by atoms with Crippen molar-refractivity contribution in [2.24, 2.45) is 11.7 Å². The molecule has 2 aromatic carbocycles. The SMILES string of the molecule is Cc1cc2nccc(Oc3ccc(CC(=O)CC4CCCC4)c(F)c3)c2cc1C(N)=O. The van der Waals surface area contributed by atoms with Gasteiger partial charge in [-0.15, -0.1) is 0 Å². The fraction of sp³-hybridized carbons (Fsp3) is 0.320. The number of ether oxygens (including phenoxy) is 1. The molecule has 31 heavy (non-hydrogen) atoms. The van der Waals surface area contributed by atoms with Crippen molar-refractivity contribution in [3.63, 3.8) is 0 Å². The first-order valence-corrected chi connectivity index (χ1v) is 10.6. The van der Waals surface area contributed by atoms with E-state index in [-0.39, 0.29) is 12.2 Å². The average molecular weight is 420 g/mol. The largest absolute Gasteiger partial charge is 0.456 e. The van der Waals surface area contributed by atoms with Crippen LogP contribution in [0.4, 0.5) is 4.39 Å². The van der Waals surface area contributed by atoms with Crippen molar-refractivity contribution in [1.82, 2.24) is 4.98 Å². The number of nitrogens with two attached hydrogens (primary N) is 1. The zero-order valence-electron chi connectivity index (χ0n) is 17.5. The number of halogens is 1. The highest BCUT2D eigenvalue weighted by Gasteiger charge is 2.19. The van der Waals surface area contributed by atoms with Gasteiger partial charge in [-0.3, -0.25) is 14.6 Å². The summed E-state index contributed by atoms with van der Waals surface area (Å²) >= 11 is 0. The fourth-order valence-corrected chi connectivity index (χ4v) is 4.31. The van der Waals surface area contributed by atoms with Crippen LogP contribution in [-0.4, -0.2) is 16.7 Å². The van der Waals surface area contributed by atoms with Crippen LogP contribution >= 0.6 is 0 Å². The molecule has 0 unspecified atom stereocenters. The molecule has 1 heterocycles. The number of carbonyl (C=O) groups excluding carboxylic acids is 2. The summed E-state index contributed by atoms with van der Waals surface area (Å²) < 4.78 is 20.6. The number of carbonyl (C=O) groups is 2. The number of hydrogen-bond donors (Lipinski definition) is 1. The number of rotatable bonds is 7. The number of Topliss-reactive ketones (excluding diaryl/α,β-unsaturated/α-hetero) is 1. The maximum absolute atomic E-state index is 14.7. The third-order valence-corrected chi connectivity index (χ3v) is 5.94. The van der Waals surface area contributed by atoms with Crippen molar-refractivity contribution in [2.75, 3.05) is 0 Å². The Morgan fingerprint density at radius 3 is 2.65 bits per heavy atom. The van der Waals surface area contributed by atoms with Crippen LogP contribution in [0.15, 0.2) is 42.6 Å². The average Bonchev–Trinajstić information content (AvgIpc) is 3.22. The highest BCUT2D eigenvalue weighted by Crippen LogP contribution is 2.32. The summed E-state index contributed by atoms with van der Waals surface area (Å²) in [4.78, 5) is 28.3. The number of aryl methyl sites for hydroxylation is 1. The van der Waals surface area contributed by atoms with Crippen LogP contribution in [0.5, 0.6) is 11.5 Å². The predicted molar refractivity (Wildman–Crippen MR) is 117 cm³/mol. The summed E-state index contributed by atoms with van der Waals surface area (Å²) in [5.74, 6) is 0.271. The molecule has 1 aliphatic rings. The highest BCUT2D eigenvalue weighted by molar-refractivity contribution is 5.99. The Balaban J connectivity index is 1.54. The fourth-order valence-electron chi connectivity index (χ4n) is 4.31. The van der Waals surface area contributed by atoms with Crippen molar-refractivity contribution in [2.45, 2.75) is 45.4 Å². The van der Waals surface area contributed by atoms with Gasteiger partial charge in [-0.1, -0.05) is 31.7 Å². The van der Waals surface area contributed by atoms with E-state index in [4.69, 9.17) is 10.5 Å². The number of hydrogen-bond acceptors (Lipinski definition) is 4. The molecule has 1 fully saturated rings. The normalized spacial score (nSPS) is 14.1. The zero-order chi connectivity index (χ0) is 22.0. The highest BCUT2D eigenvalue weighted by atomic mass is 19.1. The van der Waals surface area contributed by atoms with Crippen LogP contribution in [0.3, 0.4) is 0 Å². The van der Waals surface area contributed by atoms with Gasteiger partial charge in [0.1, 0.15) is 23.1 Å². The Morgan fingerprint density at radius 1 is 1.16 bits per heavy atom. The second-order valence-corrected chi connectivity index (χ2v) is 8.28. The van der Waals surface area contributed by atoms with Crippen LogP contribution in [-0.2, 0) is 11.2 Å². The number of benzene rings is 2. The molecule has 1 amide bonds. The van der Waals surface area contributed by atoms with Crippen LogP contribution in [0.25, 0.3) is 10.9 Å². The first-order chi connectivity index (χ1) is 14.9. The van der Waals surface area contributed by atoms with Crippen LogP contribution < -0.4 is 10.5 Å². The lowest BCUT2D eigenvalue weighted by atomic mass is 9.97. The molecule has 1 aliphatic carbocycles. The summed E-state index contributed by atoms with van der Waals surface area (Å²) in [5.41, 5.74) is 7.59. The molecule has 6 heteroatoms. The maximum atomic E-state index is 14.7. The Hall–Kier alpha value is -3.28. The predicted octanol–water partition coefficient (Wildman–Crippen LogP) is 5.27. The van der Waals surface area contributed by atoms with Gasteiger partial charge in [-0.05, 0) is 48.2 Å². The monoisotopic (exact) mass is 420 g/mol. The first-order valence-electron chi connectivity index (χ1n) is 10.6. The number of nitrogens with zero attached hydrogens (tertiary/aromatic N) is 1. The van der Waals surface area contributed by atoms with Gasteiger partial charge in [0.15, 0.2) is 0 Å². The Labute approximate surface area is 180 Å². The molecule has 5 nitrogen and oxygen atoms in total. The first kappa shape index (κ1) is 21.0. The molecule has 0 bridgehead atoms. The molecule has 0 spiro atoms. The van der Waals surface area contributed by atoms with E-state index in [1.165, 1.54) is 18.9 Å². The maximum Gasteiger partial charge on any atom is 0.248 e. The van der Waals surface area contributed by atoms with Crippen molar-refractivity contribution >= 4 is 22.6 Å². The van der Waals surface area contributed by atoms with Crippen LogP contribution in [0.2, 0.25) is 0 Å². The third-order valence-electron chi connectivity index (χ3n) is 5.94. The van der Waals surface area contributed by atoms with Crippen molar-refractivity contribution < 1.29 is 18.7 Å². The van der Waals surface area contributed by atoms with Crippen molar-refractivity contribution in [3.05, 3.63) is 65.1 Å². The Kier molecular flexibility index (Phi) is 5.98. The molecule has 0 atom stereocenters. The number of primary amides is 1. The van der Waals surface area contributed by atoms with Crippen molar-refractivity contribution in [1.29, 1.82) is 0 Å². The van der Waals surface area contributed by atoms with Gasteiger partial charge in [0.2, 0.25) is 5.91 Å². The van der Waals surface area contributed by atoms with E-state index in [0.29, 0.717) is 45.9 Å². The lowest BCUT2D eigenvalue weighted by Gasteiger charge is -2.12. The molecule has 160 valence electrons. The molecular formula is C25H25FN2O3. The molecule has 1 aromatic heterocycles. The summed E-state index contributed by atoms with van der Waals surface area (Å²) in [6, 6.07) is 9.59. The Morgan fingerprint density at radius 2 is 1.94 bits per heavy atom. The lowest BCUT2D eigenvalue weighted by Crippen LogP contribution is -2.12. The molecule has 2 N–H and O–H groups in total. The molecule has 3 aromatic rings. The number of pyridine rings is 1. The van der Waals surface area contributed by atoms with E-state index in [1.807, 2.05) is 0 Å². The van der Waals surface area contributed by atoms with E-state index < -0.39 is 11.7 Å². The number of fused-ring (bicyclic) bond motifs is 1. The van der Waals surface area contributed by atoms with Gasteiger partial charge in [-0.2, -0.15) is 0 Å². The summed E-state index contributed by atoms with van der Waals surface area (Å²) in [7, 11) is 0. The molecule has 1 saturated carbocycles. The van der Waals surface area contributed by atoms with Crippen LogP contribution in [0.1, 0.15) is 53.6 Å². The van der Waals surface area contributed by atoms with Gasteiger partial charge in [-0.25, -0.2) is 4.39 Å². The third kappa shape index (κ3) is 4.74. The lowest BCUT2D eigenvalue weighted by molar-refractivity contribution is -0.119. The van der Waals surface area contributed by atoms with Gasteiger partial charge in [0.05, 0.1) is 5.52 Å². The summed E-state index contributed by atoms with van der Waals surface area (Å²) in [5, 5.41) is 0.609. The molecular weight excluding hydrogens is 395 g/mol. The summed E-state index contributed by atoms with van der Waals surface area (Å²) in [6.07, 6.45) is 6.78. The van der Waals surface area contributed by atoms with E-state index in [1.54, 1.807) is 43.5 Å². The minimum atomic E-state index is -0.535. The van der Waals surface area contributed by atoms with E-state index in [9.17, 15) is 14.0 Å². The topological polar surface area (TPSA) is 82.3 Å². The molecule has 0 aliphatic heterocycles. The molecule has 0 saturated heterocycles. The molecule has 0 radical (unpaired) electrons. The van der Waals surface area contributed by atoms with E-state index in [0.717, 1.165) is 18.4 Å². The van der Waals surface area contributed by atoms with Crippen LogP contribution in [0, 0.1) is 18.7 Å². The second kappa shape index (κ2) is 8.84. The van der Waals surface area contributed by atoms with Crippen molar-refractivity contribution in [3.8, 4) is 11.5 Å². The number of aromatic nitrogens is 1. The van der Waals surface area contributed by atoms with Gasteiger partial charge >= 0.3 is 0 Å². The zero-order valence-corrected chi connectivity index (χ0v) is 17.5. The number of amides is 1. The minimum absolute atomic E-state index is 0.0777. The van der Waals surface area contributed by atoms with E-state index >= 15 is 0 Å². The van der Waals surface area contributed by atoms with Gasteiger partial charge < -0.3 is 10.5 Å². The minimum Gasteiger partial charge on any atom is -0.456 e. The van der Waals surface area contributed by atoms with Gasteiger partial charge in [0.25, 0.3) is 0 Å². The smallest absolute Gasteiger partial charge is 0.248 e. The second-order valence-electron chi connectivity index (χ2n) is 8.28. The quantitative estimate of drug-likeness (QED) is 0.565. The Bertz CT molecular complexity index is 1150. The standard InChI is InChI=1S/C25H25FN2O3/c1-15-10-23-21(14-20(15)25(27)30)24(8-9-28-23)31-19-7-6-17(22(26)13-19)12-18(29)11-16-4-2-3-5-16/h6-10,13-14,16H,2-5,11-12H2,1H3,(H2,27,30). The molecule has 4 rings (SSSR count). The van der Waals surface area contributed by atoms with Gasteiger partial charge in [0, 0.05) is 36.1 Å². The summed E-state index contributed by atoms with van der Waals surface area (Å²) in [6.45, 7) is 1.79. The van der Waals surface area contributed by atoms with E-state index in [2.05, 4.69) is 4.98 Å².